The Morgan fingerprint density at radius 3 is 2.57 bits per heavy atom. The second kappa shape index (κ2) is 8.91. The lowest BCUT2D eigenvalue weighted by atomic mass is 10.2. The summed E-state index contributed by atoms with van der Waals surface area (Å²) in [5.74, 6) is -0.795. The quantitative estimate of drug-likeness (QED) is 0.659. The highest BCUT2D eigenvalue weighted by atomic mass is 16.5. The van der Waals surface area contributed by atoms with Gasteiger partial charge < -0.3 is 19.1 Å². The molecule has 0 aliphatic rings. The van der Waals surface area contributed by atoms with Gasteiger partial charge in [-0.05, 0) is 12.1 Å². The average molecular weight is 296 g/mol. The van der Waals surface area contributed by atoms with Crippen LogP contribution in [0.15, 0.2) is 18.3 Å². The fourth-order valence-electron chi connectivity index (χ4n) is 1.73. The van der Waals surface area contributed by atoms with Crippen molar-refractivity contribution in [1.29, 1.82) is 0 Å². The molecule has 1 rings (SSSR count). The Bertz CT molecular complexity index is 478. The molecule has 0 bridgehead atoms. The number of carbonyl (C=O) groups is 2. The summed E-state index contributed by atoms with van der Waals surface area (Å²) in [5.41, 5.74) is 0.988. The molecule has 0 aliphatic heterocycles. The molecule has 0 fully saturated rings. The molecular formula is C14H20N2O5. The lowest BCUT2D eigenvalue weighted by molar-refractivity contribution is -0.140. The van der Waals surface area contributed by atoms with E-state index in [1.807, 2.05) is 4.90 Å². The van der Waals surface area contributed by atoms with Gasteiger partial charge in [-0.2, -0.15) is 0 Å². The Balaban J connectivity index is 2.85. The van der Waals surface area contributed by atoms with Crippen LogP contribution >= 0.6 is 0 Å². The number of aromatic nitrogens is 1. The third-order valence-electron chi connectivity index (χ3n) is 2.88. The molecule has 0 aliphatic carbocycles. The van der Waals surface area contributed by atoms with Crippen LogP contribution in [-0.4, -0.2) is 57.9 Å². The maximum atomic E-state index is 11.5. The van der Waals surface area contributed by atoms with Crippen molar-refractivity contribution in [3.63, 3.8) is 0 Å². The van der Waals surface area contributed by atoms with Crippen molar-refractivity contribution in [2.45, 2.75) is 6.42 Å². The van der Waals surface area contributed by atoms with Crippen LogP contribution in [0, 0.1) is 0 Å². The molecule has 116 valence electrons. The van der Waals surface area contributed by atoms with Gasteiger partial charge in [-0.1, -0.05) is 0 Å². The van der Waals surface area contributed by atoms with E-state index in [4.69, 9.17) is 4.74 Å². The minimum atomic E-state index is -0.503. The van der Waals surface area contributed by atoms with Crippen LogP contribution < -0.4 is 4.90 Å². The molecule has 0 saturated carbocycles. The standard InChI is InChI=1S/C14H20N2O5/c1-19-9-8-16(7-5-13(17)20-2)11-4-6-15-12(10-11)14(18)21-3/h4,6,10H,5,7-9H2,1-3H3. The number of ether oxygens (including phenoxy) is 3. The van der Waals surface area contributed by atoms with Crippen molar-refractivity contribution < 1.29 is 23.8 Å². The summed E-state index contributed by atoms with van der Waals surface area (Å²) >= 11 is 0. The molecular weight excluding hydrogens is 276 g/mol. The molecule has 7 nitrogen and oxygen atoms in total. The molecule has 21 heavy (non-hydrogen) atoms. The van der Waals surface area contributed by atoms with Gasteiger partial charge in [0.05, 0.1) is 27.2 Å². The molecule has 0 N–H and O–H groups in total. The molecule has 0 saturated heterocycles. The van der Waals surface area contributed by atoms with Crippen molar-refractivity contribution >= 4 is 17.6 Å². The predicted octanol–water partition coefficient (Wildman–Crippen LogP) is 0.884. The van der Waals surface area contributed by atoms with Gasteiger partial charge in [-0.3, -0.25) is 4.79 Å². The van der Waals surface area contributed by atoms with Crippen molar-refractivity contribution in [3.05, 3.63) is 24.0 Å². The van der Waals surface area contributed by atoms with E-state index in [1.54, 1.807) is 19.2 Å². The second-order valence-electron chi connectivity index (χ2n) is 4.20. The summed E-state index contributed by atoms with van der Waals surface area (Å²) in [6.07, 6.45) is 1.77. The molecule has 0 atom stereocenters. The number of hydrogen-bond acceptors (Lipinski definition) is 7. The van der Waals surface area contributed by atoms with E-state index in [0.29, 0.717) is 19.7 Å². The first-order chi connectivity index (χ1) is 10.1. The minimum Gasteiger partial charge on any atom is -0.469 e. The van der Waals surface area contributed by atoms with Crippen LogP contribution in [0.3, 0.4) is 0 Å². The molecule has 0 amide bonds. The zero-order chi connectivity index (χ0) is 15.7. The maximum Gasteiger partial charge on any atom is 0.356 e. The zero-order valence-corrected chi connectivity index (χ0v) is 12.5. The van der Waals surface area contributed by atoms with Crippen molar-refractivity contribution in [1.82, 2.24) is 4.98 Å². The molecule has 0 aromatic carbocycles. The van der Waals surface area contributed by atoms with Gasteiger partial charge in [0, 0.05) is 32.1 Å². The summed E-state index contributed by atoms with van der Waals surface area (Å²) in [6, 6.07) is 3.39. The largest absolute Gasteiger partial charge is 0.469 e. The maximum absolute atomic E-state index is 11.5. The monoisotopic (exact) mass is 296 g/mol. The number of carbonyl (C=O) groups excluding carboxylic acids is 2. The number of rotatable bonds is 8. The Morgan fingerprint density at radius 1 is 1.19 bits per heavy atom. The van der Waals surface area contributed by atoms with E-state index < -0.39 is 5.97 Å². The molecule has 0 spiro atoms. The van der Waals surface area contributed by atoms with E-state index in [1.165, 1.54) is 20.4 Å². The number of methoxy groups -OCH3 is 3. The molecule has 0 radical (unpaired) electrons. The molecule has 0 unspecified atom stereocenters. The fourth-order valence-corrected chi connectivity index (χ4v) is 1.73. The van der Waals surface area contributed by atoms with Crippen molar-refractivity contribution in [2.75, 3.05) is 45.9 Å². The number of hydrogen-bond donors (Lipinski definition) is 0. The Kier molecular flexibility index (Phi) is 7.17. The predicted molar refractivity (Wildman–Crippen MR) is 76.3 cm³/mol. The molecule has 1 aromatic heterocycles. The summed E-state index contributed by atoms with van der Waals surface area (Å²) < 4.78 is 14.3. The second-order valence-corrected chi connectivity index (χ2v) is 4.20. The average Bonchev–Trinajstić information content (AvgIpc) is 2.53. The van der Waals surface area contributed by atoms with Gasteiger partial charge >= 0.3 is 11.9 Å². The fraction of sp³-hybridized carbons (Fsp3) is 0.500. The summed E-state index contributed by atoms with van der Waals surface area (Å²) in [6.45, 7) is 1.54. The summed E-state index contributed by atoms with van der Waals surface area (Å²) in [5, 5.41) is 0. The van der Waals surface area contributed by atoms with Crippen molar-refractivity contribution in [3.8, 4) is 0 Å². The third-order valence-corrected chi connectivity index (χ3v) is 2.88. The first-order valence-corrected chi connectivity index (χ1v) is 6.47. The molecule has 1 aromatic rings. The van der Waals surface area contributed by atoms with Gasteiger partial charge in [0.1, 0.15) is 5.69 Å². The Morgan fingerprint density at radius 2 is 1.95 bits per heavy atom. The highest BCUT2D eigenvalue weighted by Gasteiger charge is 2.13. The molecule has 1 heterocycles. The van der Waals surface area contributed by atoms with Crippen LogP contribution in [0.1, 0.15) is 16.9 Å². The first-order valence-electron chi connectivity index (χ1n) is 6.47. The minimum absolute atomic E-state index is 0.218. The highest BCUT2D eigenvalue weighted by molar-refractivity contribution is 5.88. The van der Waals surface area contributed by atoms with Gasteiger partial charge in [0.15, 0.2) is 0 Å². The summed E-state index contributed by atoms with van der Waals surface area (Å²) in [7, 11) is 4.26. The van der Waals surface area contributed by atoms with Crippen LogP contribution in [0.4, 0.5) is 5.69 Å². The van der Waals surface area contributed by atoms with Gasteiger partial charge in [-0.15, -0.1) is 0 Å². The summed E-state index contributed by atoms with van der Waals surface area (Å²) in [4.78, 5) is 28.7. The zero-order valence-electron chi connectivity index (χ0n) is 12.5. The van der Waals surface area contributed by atoms with Crippen LogP contribution in [0.25, 0.3) is 0 Å². The SMILES string of the molecule is COCCN(CCC(=O)OC)c1ccnc(C(=O)OC)c1. The van der Waals surface area contributed by atoms with E-state index in [2.05, 4.69) is 14.5 Å². The Labute approximate surface area is 123 Å². The van der Waals surface area contributed by atoms with Gasteiger partial charge in [0.25, 0.3) is 0 Å². The topological polar surface area (TPSA) is 78.0 Å². The van der Waals surface area contributed by atoms with Crippen LogP contribution in [-0.2, 0) is 19.0 Å². The highest BCUT2D eigenvalue weighted by Crippen LogP contribution is 2.15. The first kappa shape index (κ1) is 16.9. The van der Waals surface area contributed by atoms with Gasteiger partial charge in [-0.25, -0.2) is 9.78 Å². The number of nitrogens with zero attached hydrogens (tertiary/aromatic N) is 2. The van der Waals surface area contributed by atoms with Gasteiger partial charge in [0.2, 0.25) is 0 Å². The van der Waals surface area contributed by atoms with E-state index in [9.17, 15) is 9.59 Å². The van der Waals surface area contributed by atoms with Crippen LogP contribution in [0.5, 0.6) is 0 Å². The smallest absolute Gasteiger partial charge is 0.356 e. The van der Waals surface area contributed by atoms with Crippen molar-refractivity contribution in [2.24, 2.45) is 0 Å². The number of esters is 2. The lowest BCUT2D eigenvalue weighted by Crippen LogP contribution is -2.30. The number of pyridine rings is 1. The number of anilines is 1. The normalized spacial score (nSPS) is 10.0. The third kappa shape index (κ3) is 5.39. The molecule has 7 heteroatoms. The van der Waals surface area contributed by atoms with E-state index in [-0.39, 0.29) is 18.1 Å². The van der Waals surface area contributed by atoms with E-state index >= 15 is 0 Å². The van der Waals surface area contributed by atoms with Crippen LogP contribution in [0.2, 0.25) is 0 Å². The Hall–Kier alpha value is -2.15. The van der Waals surface area contributed by atoms with E-state index in [0.717, 1.165) is 5.69 Å². The lowest BCUT2D eigenvalue weighted by Gasteiger charge is -2.24.